The van der Waals surface area contributed by atoms with Crippen LogP contribution in [0.1, 0.15) is 47.5 Å². The van der Waals surface area contributed by atoms with Gasteiger partial charge in [-0.15, -0.1) is 0 Å². The Labute approximate surface area is 110 Å². The minimum Gasteiger partial charge on any atom is -0.212 e. The summed E-state index contributed by atoms with van der Waals surface area (Å²) in [6.45, 7) is 9.07. The highest BCUT2D eigenvalue weighted by molar-refractivity contribution is 7.89. The van der Waals surface area contributed by atoms with Crippen LogP contribution >= 0.6 is 0 Å². The van der Waals surface area contributed by atoms with Gasteiger partial charge in [-0.05, 0) is 18.3 Å². The maximum Gasteiger partial charge on any atom is 0.260 e. The Morgan fingerprint density at radius 1 is 1.06 bits per heavy atom. The Kier molecular flexibility index (Phi) is 6.20. The van der Waals surface area contributed by atoms with Gasteiger partial charge in [0.15, 0.2) is 0 Å². The van der Waals surface area contributed by atoms with Gasteiger partial charge in [-0.3, -0.25) is 0 Å². The Morgan fingerprint density at radius 3 is 1.89 bits per heavy atom. The molecule has 18 heavy (non-hydrogen) atoms. The molecule has 6 heteroatoms. The molecule has 0 fully saturated rings. The summed E-state index contributed by atoms with van der Waals surface area (Å²) < 4.78 is 50.8. The van der Waals surface area contributed by atoms with Crippen molar-refractivity contribution in [1.82, 2.24) is 4.31 Å². The van der Waals surface area contributed by atoms with E-state index in [2.05, 4.69) is 0 Å². The summed E-state index contributed by atoms with van der Waals surface area (Å²) in [4.78, 5) is 0. The molecule has 0 aliphatic rings. The molecule has 0 rings (SSSR count). The molecule has 0 aromatic carbocycles. The van der Waals surface area contributed by atoms with E-state index < -0.39 is 21.7 Å². The SMILES string of the molecule is CCCN(CCC(C)(C)C)S(=O)(=O)CC(C)(F)F. The van der Waals surface area contributed by atoms with E-state index in [1.807, 2.05) is 27.7 Å². The summed E-state index contributed by atoms with van der Waals surface area (Å²) >= 11 is 0. The number of sulfonamides is 1. The lowest BCUT2D eigenvalue weighted by Gasteiger charge is -2.27. The Bertz CT molecular complexity index is 342. The van der Waals surface area contributed by atoms with Crippen LogP contribution in [0.25, 0.3) is 0 Å². The molecule has 0 bridgehead atoms. The van der Waals surface area contributed by atoms with E-state index in [0.29, 0.717) is 32.9 Å². The molecule has 0 saturated heterocycles. The second kappa shape index (κ2) is 6.28. The summed E-state index contributed by atoms with van der Waals surface area (Å²) in [7, 11) is -3.88. The van der Waals surface area contributed by atoms with Crippen molar-refractivity contribution in [3.63, 3.8) is 0 Å². The van der Waals surface area contributed by atoms with Crippen molar-refractivity contribution in [2.45, 2.75) is 53.4 Å². The van der Waals surface area contributed by atoms with Crippen LogP contribution in [0.5, 0.6) is 0 Å². The zero-order valence-electron chi connectivity index (χ0n) is 12.0. The van der Waals surface area contributed by atoms with E-state index in [1.54, 1.807) is 0 Å². The molecule has 0 heterocycles. The van der Waals surface area contributed by atoms with Crippen molar-refractivity contribution in [1.29, 1.82) is 0 Å². The lowest BCUT2D eigenvalue weighted by Crippen LogP contribution is -2.40. The minimum absolute atomic E-state index is 0.0176. The highest BCUT2D eigenvalue weighted by Crippen LogP contribution is 2.22. The third-order valence-corrected chi connectivity index (χ3v) is 4.44. The van der Waals surface area contributed by atoms with Gasteiger partial charge in [0.2, 0.25) is 10.0 Å². The number of alkyl halides is 2. The molecular weight excluding hydrogens is 260 g/mol. The van der Waals surface area contributed by atoms with Gasteiger partial charge in [0.25, 0.3) is 5.92 Å². The van der Waals surface area contributed by atoms with Crippen LogP contribution in [0.3, 0.4) is 0 Å². The van der Waals surface area contributed by atoms with Crippen LogP contribution in [0.2, 0.25) is 0 Å². The standard InChI is InChI=1S/C12H25F2NO2S/c1-6-8-15(9-7-11(2,3)4)18(16,17)10-12(5,13)14/h6-10H2,1-5H3. The van der Waals surface area contributed by atoms with Crippen molar-refractivity contribution in [3.05, 3.63) is 0 Å². The molecule has 0 aliphatic carbocycles. The van der Waals surface area contributed by atoms with Crippen LogP contribution in [0, 0.1) is 5.41 Å². The molecule has 0 spiro atoms. The van der Waals surface area contributed by atoms with Gasteiger partial charge in [-0.2, -0.15) is 0 Å². The lowest BCUT2D eigenvalue weighted by atomic mass is 9.92. The lowest BCUT2D eigenvalue weighted by molar-refractivity contribution is 0.0460. The predicted molar refractivity (Wildman–Crippen MR) is 70.3 cm³/mol. The number of nitrogens with zero attached hydrogens (tertiary/aromatic N) is 1. The summed E-state index contributed by atoms with van der Waals surface area (Å²) in [5, 5.41) is 0. The fraction of sp³-hybridized carbons (Fsp3) is 1.00. The van der Waals surface area contributed by atoms with E-state index >= 15 is 0 Å². The van der Waals surface area contributed by atoms with E-state index in [0.717, 1.165) is 0 Å². The molecule has 0 unspecified atom stereocenters. The second-order valence-electron chi connectivity index (χ2n) is 6.04. The largest absolute Gasteiger partial charge is 0.260 e. The Balaban J connectivity index is 4.78. The summed E-state index contributed by atoms with van der Waals surface area (Å²) in [6, 6.07) is 0. The number of halogens is 2. The first-order valence-electron chi connectivity index (χ1n) is 6.23. The molecule has 0 atom stereocenters. The number of hydrogen-bond donors (Lipinski definition) is 0. The average molecular weight is 285 g/mol. The molecule has 3 nitrogen and oxygen atoms in total. The van der Waals surface area contributed by atoms with Crippen LogP contribution in [-0.2, 0) is 10.0 Å². The molecular formula is C12H25F2NO2S. The van der Waals surface area contributed by atoms with E-state index in [-0.39, 0.29) is 5.41 Å². The highest BCUT2D eigenvalue weighted by Gasteiger charge is 2.34. The van der Waals surface area contributed by atoms with Crippen LogP contribution in [-0.4, -0.2) is 37.5 Å². The number of rotatable bonds is 7. The molecule has 110 valence electrons. The van der Waals surface area contributed by atoms with E-state index in [1.165, 1.54) is 4.31 Å². The summed E-state index contributed by atoms with van der Waals surface area (Å²) in [5.74, 6) is -4.29. The van der Waals surface area contributed by atoms with Gasteiger partial charge < -0.3 is 0 Å². The highest BCUT2D eigenvalue weighted by atomic mass is 32.2. The van der Waals surface area contributed by atoms with Gasteiger partial charge in [-0.25, -0.2) is 21.5 Å². The van der Waals surface area contributed by atoms with Gasteiger partial charge in [-0.1, -0.05) is 27.7 Å². The maximum absolute atomic E-state index is 12.9. The third kappa shape index (κ3) is 7.97. The number of hydrogen-bond acceptors (Lipinski definition) is 2. The summed E-state index contributed by atoms with van der Waals surface area (Å²) in [5.41, 5.74) is -0.0176. The van der Waals surface area contributed by atoms with Gasteiger partial charge in [0.05, 0.1) is 0 Å². The fourth-order valence-electron chi connectivity index (χ4n) is 1.51. The van der Waals surface area contributed by atoms with Crippen molar-refractivity contribution in [2.24, 2.45) is 5.41 Å². The van der Waals surface area contributed by atoms with Crippen LogP contribution < -0.4 is 0 Å². The quantitative estimate of drug-likeness (QED) is 0.720. The molecule has 0 aliphatic heterocycles. The van der Waals surface area contributed by atoms with Gasteiger partial charge >= 0.3 is 0 Å². The monoisotopic (exact) mass is 285 g/mol. The maximum atomic E-state index is 12.9. The van der Waals surface area contributed by atoms with Crippen LogP contribution in [0.4, 0.5) is 8.78 Å². The van der Waals surface area contributed by atoms with E-state index in [4.69, 9.17) is 0 Å². The first kappa shape index (κ1) is 17.8. The Hall–Kier alpha value is -0.230. The van der Waals surface area contributed by atoms with E-state index in [9.17, 15) is 17.2 Å². The predicted octanol–water partition coefficient (Wildman–Crippen LogP) is 3.12. The Morgan fingerprint density at radius 2 is 1.56 bits per heavy atom. The van der Waals surface area contributed by atoms with Crippen molar-refractivity contribution in [3.8, 4) is 0 Å². The molecule has 0 aromatic rings. The fourth-order valence-corrected chi connectivity index (χ4v) is 3.16. The molecule has 0 N–H and O–H groups in total. The summed E-state index contributed by atoms with van der Waals surface area (Å²) in [6.07, 6.45) is 1.28. The minimum atomic E-state index is -3.88. The zero-order chi connectivity index (χ0) is 14.6. The zero-order valence-corrected chi connectivity index (χ0v) is 12.8. The molecule has 0 aromatic heterocycles. The van der Waals surface area contributed by atoms with Crippen molar-refractivity contribution in [2.75, 3.05) is 18.8 Å². The van der Waals surface area contributed by atoms with Gasteiger partial charge in [0, 0.05) is 20.0 Å². The average Bonchev–Trinajstić information content (AvgIpc) is 2.05. The van der Waals surface area contributed by atoms with Crippen molar-refractivity contribution < 1.29 is 17.2 Å². The normalized spacial score (nSPS) is 14.2. The molecule has 0 amide bonds. The van der Waals surface area contributed by atoms with Crippen LogP contribution in [0.15, 0.2) is 0 Å². The smallest absolute Gasteiger partial charge is 0.212 e. The molecule has 0 saturated carbocycles. The third-order valence-electron chi connectivity index (χ3n) is 2.41. The second-order valence-corrected chi connectivity index (χ2v) is 8.01. The van der Waals surface area contributed by atoms with Gasteiger partial charge in [0.1, 0.15) is 5.75 Å². The first-order valence-corrected chi connectivity index (χ1v) is 7.84. The first-order chi connectivity index (χ1) is 7.87. The van der Waals surface area contributed by atoms with Crippen molar-refractivity contribution >= 4 is 10.0 Å². The topological polar surface area (TPSA) is 37.4 Å². The molecule has 0 radical (unpaired) electrons.